The molecule has 1 fully saturated rings. The van der Waals surface area contributed by atoms with Crippen molar-refractivity contribution < 1.29 is 14.4 Å². The highest BCUT2D eigenvalue weighted by atomic mass is 16.2. The van der Waals surface area contributed by atoms with Crippen LogP contribution in [0.3, 0.4) is 0 Å². The monoisotopic (exact) mass is 309 g/mol. The number of barbiturate groups is 1. The average molecular weight is 309 g/mol. The third-order valence-corrected chi connectivity index (χ3v) is 3.81. The Kier molecular flexibility index (Phi) is 3.57. The number of hydrogen-bond acceptors (Lipinski definition) is 4. The van der Waals surface area contributed by atoms with E-state index in [4.69, 9.17) is 0 Å². The van der Waals surface area contributed by atoms with Gasteiger partial charge in [0.05, 0.1) is 0 Å². The van der Waals surface area contributed by atoms with E-state index in [0.29, 0.717) is 0 Å². The molecule has 3 rings (SSSR count). The van der Waals surface area contributed by atoms with Gasteiger partial charge in [-0.25, -0.2) is 4.79 Å². The Morgan fingerprint density at radius 3 is 2.61 bits per heavy atom. The number of nitrogens with zero attached hydrogens (tertiary/aromatic N) is 1. The van der Waals surface area contributed by atoms with Crippen LogP contribution in [-0.2, 0) is 9.59 Å². The fourth-order valence-corrected chi connectivity index (χ4v) is 2.55. The lowest BCUT2D eigenvalue weighted by Gasteiger charge is -2.28. The van der Waals surface area contributed by atoms with Gasteiger partial charge >= 0.3 is 6.03 Å². The van der Waals surface area contributed by atoms with Gasteiger partial charge in [0, 0.05) is 23.8 Å². The third-order valence-electron chi connectivity index (χ3n) is 3.81. The van der Waals surface area contributed by atoms with E-state index in [9.17, 15) is 14.4 Å². The minimum absolute atomic E-state index is 0.225. The molecule has 2 aromatic rings. The maximum absolute atomic E-state index is 12.2. The molecule has 116 valence electrons. The predicted molar refractivity (Wildman–Crippen MR) is 86.5 cm³/mol. The number of hydrogen-bond donors (Lipinski definition) is 2. The first kappa shape index (κ1) is 14.8. The molecule has 4 amide bonds. The molecule has 0 radical (unpaired) electrons. The van der Waals surface area contributed by atoms with Crippen LogP contribution in [0.5, 0.6) is 0 Å². The Bertz CT molecular complexity index is 839. The van der Waals surface area contributed by atoms with Crippen LogP contribution < -0.4 is 10.6 Å². The fourth-order valence-electron chi connectivity index (χ4n) is 2.55. The van der Waals surface area contributed by atoms with Crippen LogP contribution in [0.4, 0.5) is 10.5 Å². The minimum atomic E-state index is -1.14. The first-order valence-corrected chi connectivity index (χ1v) is 7.05. The summed E-state index contributed by atoms with van der Waals surface area (Å²) in [5.74, 6) is -2.41. The lowest BCUT2D eigenvalue weighted by atomic mass is 10.0. The molecule has 1 aliphatic heterocycles. The van der Waals surface area contributed by atoms with Gasteiger partial charge in [0.25, 0.3) is 0 Å². The second-order valence-corrected chi connectivity index (χ2v) is 5.30. The van der Waals surface area contributed by atoms with E-state index >= 15 is 0 Å². The van der Waals surface area contributed by atoms with E-state index < -0.39 is 23.8 Å². The Morgan fingerprint density at radius 2 is 1.83 bits per heavy atom. The van der Waals surface area contributed by atoms with Crippen molar-refractivity contribution in [1.29, 1.82) is 0 Å². The smallest absolute Gasteiger partial charge is 0.330 e. The van der Waals surface area contributed by atoms with Crippen LogP contribution in [0.25, 0.3) is 10.8 Å². The number of fused-ring (bicyclic) bond motifs is 1. The van der Waals surface area contributed by atoms with Crippen LogP contribution in [0.1, 0.15) is 0 Å². The summed E-state index contributed by atoms with van der Waals surface area (Å²) in [5.41, 5.74) is 0.969. The highest BCUT2D eigenvalue weighted by molar-refractivity contribution is 6.17. The highest BCUT2D eigenvalue weighted by Gasteiger charge is 2.40. The zero-order chi connectivity index (χ0) is 16.6. The summed E-state index contributed by atoms with van der Waals surface area (Å²) in [6, 6.07) is 12.7. The van der Waals surface area contributed by atoms with Crippen molar-refractivity contribution in [2.45, 2.75) is 0 Å². The molecule has 1 atom stereocenters. The SMILES string of the molecule is C=C(Nc1cccc2ccccc12)[C@H]1C(=O)NC(=O)N(C)C1=O. The number of benzene rings is 2. The first-order valence-electron chi connectivity index (χ1n) is 7.05. The maximum atomic E-state index is 12.2. The van der Waals surface area contributed by atoms with Gasteiger partial charge in [-0.1, -0.05) is 43.0 Å². The lowest BCUT2D eigenvalue weighted by molar-refractivity contribution is -0.139. The normalized spacial score (nSPS) is 18.0. The molecule has 0 spiro atoms. The molecule has 0 saturated carbocycles. The van der Waals surface area contributed by atoms with Gasteiger partial charge < -0.3 is 5.32 Å². The predicted octanol–water partition coefficient (Wildman–Crippen LogP) is 2.09. The Balaban J connectivity index is 1.90. The second-order valence-electron chi connectivity index (χ2n) is 5.30. The van der Waals surface area contributed by atoms with Gasteiger partial charge in [-0.15, -0.1) is 0 Å². The van der Waals surface area contributed by atoms with Crippen molar-refractivity contribution in [3.8, 4) is 0 Å². The summed E-state index contributed by atoms with van der Waals surface area (Å²) in [7, 11) is 1.32. The van der Waals surface area contributed by atoms with Gasteiger partial charge in [-0.05, 0) is 11.5 Å². The van der Waals surface area contributed by atoms with E-state index in [1.54, 1.807) is 0 Å². The molecule has 2 N–H and O–H groups in total. The van der Waals surface area contributed by atoms with Gasteiger partial charge in [-0.2, -0.15) is 0 Å². The molecular weight excluding hydrogens is 294 g/mol. The van der Waals surface area contributed by atoms with E-state index in [2.05, 4.69) is 17.2 Å². The molecule has 1 heterocycles. The summed E-state index contributed by atoms with van der Waals surface area (Å²) in [5, 5.41) is 7.15. The van der Waals surface area contributed by atoms with Crippen LogP contribution in [0.15, 0.2) is 54.7 Å². The van der Waals surface area contributed by atoms with Crippen molar-refractivity contribution in [3.63, 3.8) is 0 Å². The summed E-state index contributed by atoms with van der Waals surface area (Å²) >= 11 is 0. The average Bonchev–Trinajstić information content (AvgIpc) is 2.53. The zero-order valence-electron chi connectivity index (χ0n) is 12.5. The maximum Gasteiger partial charge on any atom is 0.330 e. The second kappa shape index (κ2) is 5.57. The van der Waals surface area contributed by atoms with Crippen molar-refractivity contribution in [3.05, 3.63) is 54.7 Å². The Morgan fingerprint density at radius 1 is 1.13 bits per heavy atom. The van der Waals surface area contributed by atoms with Gasteiger partial charge in [0.2, 0.25) is 11.8 Å². The van der Waals surface area contributed by atoms with Gasteiger partial charge in [-0.3, -0.25) is 19.8 Å². The largest absolute Gasteiger partial charge is 0.358 e. The van der Waals surface area contributed by atoms with Crippen molar-refractivity contribution in [1.82, 2.24) is 10.2 Å². The lowest BCUT2D eigenvalue weighted by Crippen LogP contribution is -2.57. The minimum Gasteiger partial charge on any atom is -0.358 e. The van der Waals surface area contributed by atoms with Crippen molar-refractivity contribution in [2.24, 2.45) is 5.92 Å². The Hall–Kier alpha value is -3.15. The van der Waals surface area contributed by atoms with E-state index in [-0.39, 0.29) is 5.70 Å². The molecule has 0 bridgehead atoms. The molecule has 0 unspecified atom stereocenters. The Labute approximate surface area is 132 Å². The van der Waals surface area contributed by atoms with E-state index in [1.165, 1.54) is 7.05 Å². The summed E-state index contributed by atoms with van der Waals surface area (Å²) in [4.78, 5) is 36.5. The van der Waals surface area contributed by atoms with E-state index in [1.807, 2.05) is 42.5 Å². The van der Waals surface area contributed by atoms with Crippen molar-refractivity contribution >= 4 is 34.3 Å². The molecule has 0 aliphatic carbocycles. The molecule has 1 saturated heterocycles. The quantitative estimate of drug-likeness (QED) is 0.851. The number of rotatable bonds is 3. The molecule has 6 heteroatoms. The third kappa shape index (κ3) is 2.55. The molecular formula is C17H15N3O3. The highest BCUT2D eigenvalue weighted by Crippen LogP contribution is 2.26. The van der Waals surface area contributed by atoms with Crippen LogP contribution in [0.2, 0.25) is 0 Å². The molecule has 0 aromatic heterocycles. The number of amides is 4. The van der Waals surface area contributed by atoms with Crippen LogP contribution in [-0.4, -0.2) is 29.8 Å². The van der Waals surface area contributed by atoms with Crippen LogP contribution >= 0.6 is 0 Å². The molecule has 6 nitrogen and oxygen atoms in total. The molecule has 23 heavy (non-hydrogen) atoms. The number of anilines is 1. The number of urea groups is 1. The number of carbonyl (C=O) groups excluding carboxylic acids is 3. The fraction of sp³-hybridized carbons (Fsp3) is 0.118. The summed E-state index contributed by atoms with van der Waals surface area (Å²) in [6.45, 7) is 3.81. The zero-order valence-corrected chi connectivity index (χ0v) is 12.5. The number of imide groups is 2. The van der Waals surface area contributed by atoms with E-state index in [0.717, 1.165) is 21.4 Å². The van der Waals surface area contributed by atoms with Gasteiger partial charge in [0.1, 0.15) is 0 Å². The van der Waals surface area contributed by atoms with Crippen LogP contribution in [0, 0.1) is 5.92 Å². The first-order chi connectivity index (χ1) is 11.0. The summed E-state index contributed by atoms with van der Waals surface area (Å²) in [6.07, 6.45) is 0. The number of nitrogens with one attached hydrogen (secondary N) is 2. The van der Waals surface area contributed by atoms with Gasteiger partial charge in [0.15, 0.2) is 5.92 Å². The standard InChI is InChI=1S/C17H15N3O3/c1-10(14-15(21)19-17(23)20(2)16(14)22)18-13-9-5-7-11-6-3-4-8-12(11)13/h3-9,14,18H,1H2,2H3,(H,19,21,23)/t14-/m0/s1. The molecule has 1 aliphatic rings. The number of carbonyl (C=O) groups is 3. The van der Waals surface area contributed by atoms with Crippen molar-refractivity contribution in [2.75, 3.05) is 12.4 Å². The summed E-state index contributed by atoms with van der Waals surface area (Å²) < 4.78 is 0. The molecule has 2 aromatic carbocycles. The topological polar surface area (TPSA) is 78.5 Å².